The molecule has 2 N–H and O–H groups in total. The largest absolute Gasteiger partial charge is 0.443 e. The van der Waals surface area contributed by atoms with Crippen molar-refractivity contribution in [2.75, 3.05) is 5.75 Å². The fourth-order valence-electron chi connectivity index (χ4n) is 3.61. The van der Waals surface area contributed by atoms with Crippen LogP contribution in [0.25, 0.3) is 17.3 Å². The first-order valence-electron chi connectivity index (χ1n) is 10.9. The predicted octanol–water partition coefficient (Wildman–Crippen LogP) is 4.20. The molecule has 0 fully saturated rings. The lowest BCUT2D eigenvalue weighted by Gasteiger charge is -2.30. The van der Waals surface area contributed by atoms with Crippen LogP contribution in [0.5, 0.6) is 0 Å². The van der Waals surface area contributed by atoms with Crippen molar-refractivity contribution in [3.05, 3.63) is 78.0 Å². The summed E-state index contributed by atoms with van der Waals surface area (Å²) >= 11 is 0. The molecule has 0 saturated carbocycles. The van der Waals surface area contributed by atoms with Gasteiger partial charge in [0.15, 0.2) is 0 Å². The van der Waals surface area contributed by atoms with Gasteiger partial charge in [-0.05, 0) is 68.5 Å². The number of hydrogen-bond donors (Lipinski definition) is 1. The average molecular weight is 483 g/mol. The summed E-state index contributed by atoms with van der Waals surface area (Å²) in [5.74, 6) is -0.305. The van der Waals surface area contributed by atoms with Crippen molar-refractivity contribution in [2.45, 2.75) is 39.7 Å². The zero-order valence-corrected chi connectivity index (χ0v) is 20.6. The highest BCUT2D eigenvalue weighted by Gasteiger charge is 2.30. The zero-order chi connectivity index (χ0) is 24.9. The summed E-state index contributed by atoms with van der Waals surface area (Å²) in [6, 6.07) is 9.12. The fourth-order valence-corrected chi connectivity index (χ4v) is 4.86. The number of nitrogens with two attached hydrogens (primary N) is 1. The second-order valence-corrected chi connectivity index (χ2v) is 10.7. The number of aromatic nitrogens is 3. The standard InChI is InChI=1S/C25H30N4O4S/c1-18(25(3,4)33-24(26)30)14-21-15-23(22-10-6-12-28-19(22)2)29(17-21)34(31,32)13-7-9-20-8-5-11-27-16-20/h5-12,15-18H,13-14H2,1-4H3,(H2,26,30). The van der Waals surface area contributed by atoms with Crippen molar-refractivity contribution in [3.63, 3.8) is 0 Å². The van der Waals surface area contributed by atoms with Gasteiger partial charge in [0.1, 0.15) is 5.60 Å². The van der Waals surface area contributed by atoms with Gasteiger partial charge in [-0.1, -0.05) is 25.1 Å². The summed E-state index contributed by atoms with van der Waals surface area (Å²) in [7, 11) is -3.72. The molecular weight excluding hydrogens is 452 g/mol. The Hall–Kier alpha value is -3.46. The summed E-state index contributed by atoms with van der Waals surface area (Å²) in [4.78, 5) is 19.6. The molecule has 3 heterocycles. The first-order valence-corrected chi connectivity index (χ1v) is 12.5. The molecule has 0 spiro atoms. The van der Waals surface area contributed by atoms with Crippen molar-refractivity contribution < 1.29 is 17.9 Å². The van der Waals surface area contributed by atoms with Gasteiger partial charge in [0, 0.05) is 36.0 Å². The Morgan fingerprint density at radius 2 is 2.00 bits per heavy atom. The van der Waals surface area contributed by atoms with Crippen LogP contribution in [0.4, 0.5) is 4.79 Å². The Labute approximate surface area is 200 Å². The second-order valence-electron chi connectivity index (χ2n) is 8.76. The average Bonchev–Trinajstić information content (AvgIpc) is 3.18. The molecule has 180 valence electrons. The Morgan fingerprint density at radius 3 is 2.65 bits per heavy atom. The van der Waals surface area contributed by atoms with E-state index in [1.807, 2.05) is 32.0 Å². The highest BCUT2D eigenvalue weighted by Crippen LogP contribution is 2.30. The summed E-state index contributed by atoms with van der Waals surface area (Å²) in [5.41, 5.74) is 8.01. The van der Waals surface area contributed by atoms with Gasteiger partial charge in [0.05, 0.1) is 11.4 Å². The van der Waals surface area contributed by atoms with Crippen LogP contribution < -0.4 is 5.73 Å². The van der Waals surface area contributed by atoms with Crippen LogP contribution in [-0.2, 0) is 21.2 Å². The van der Waals surface area contributed by atoms with E-state index in [1.165, 1.54) is 3.97 Å². The van der Waals surface area contributed by atoms with Crippen LogP contribution in [0, 0.1) is 12.8 Å². The maximum absolute atomic E-state index is 13.4. The van der Waals surface area contributed by atoms with Crippen molar-refractivity contribution in [1.29, 1.82) is 0 Å². The molecule has 0 saturated heterocycles. The normalized spacial score (nSPS) is 13.2. The lowest BCUT2D eigenvalue weighted by atomic mass is 9.87. The van der Waals surface area contributed by atoms with Gasteiger partial charge in [-0.25, -0.2) is 17.2 Å². The lowest BCUT2D eigenvalue weighted by molar-refractivity contribution is 0.00479. The maximum Gasteiger partial charge on any atom is 0.405 e. The Balaban J connectivity index is 1.96. The summed E-state index contributed by atoms with van der Waals surface area (Å²) in [6.45, 7) is 7.34. The molecule has 3 aromatic rings. The summed E-state index contributed by atoms with van der Waals surface area (Å²) in [6.07, 6.45) is 9.61. The molecule has 0 aromatic carbocycles. The molecule has 9 heteroatoms. The van der Waals surface area contributed by atoms with Gasteiger partial charge in [0.25, 0.3) is 0 Å². The van der Waals surface area contributed by atoms with E-state index in [0.717, 1.165) is 22.4 Å². The number of rotatable bonds is 9. The van der Waals surface area contributed by atoms with Crippen LogP contribution in [0.2, 0.25) is 0 Å². The molecule has 0 aliphatic heterocycles. The topological polar surface area (TPSA) is 117 Å². The van der Waals surface area contributed by atoms with Gasteiger partial charge in [0.2, 0.25) is 10.0 Å². The number of ether oxygens (including phenoxy) is 1. The minimum Gasteiger partial charge on any atom is -0.443 e. The second kappa shape index (κ2) is 10.2. The SMILES string of the molecule is Cc1ncccc1-c1cc(CC(C)C(C)(C)OC(N)=O)cn1S(=O)(=O)CC=Cc1cccnc1. The molecule has 0 aliphatic carbocycles. The zero-order valence-electron chi connectivity index (χ0n) is 19.8. The van der Waals surface area contributed by atoms with Crippen molar-refractivity contribution in [2.24, 2.45) is 11.7 Å². The van der Waals surface area contributed by atoms with E-state index < -0.39 is 21.7 Å². The number of hydrogen-bond acceptors (Lipinski definition) is 6. The van der Waals surface area contributed by atoms with E-state index in [1.54, 1.807) is 62.9 Å². The first kappa shape index (κ1) is 25.2. The number of primary amides is 1. The molecule has 1 atom stereocenters. The minimum atomic E-state index is -3.72. The third-order valence-corrected chi connectivity index (χ3v) is 7.33. The van der Waals surface area contributed by atoms with Crippen molar-refractivity contribution >= 4 is 22.2 Å². The Bertz CT molecular complexity index is 1280. The highest BCUT2D eigenvalue weighted by atomic mass is 32.2. The van der Waals surface area contributed by atoms with E-state index in [2.05, 4.69) is 9.97 Å². The first-order chi connectivity index (χ1) is 16.0. The van der Waals surface area contributed by atoms with Crippen molar-refractivity contribution in [1.82, 2.24) is 13.9 Å². The monoisotopic (exact) mass is 482 g/mol. The molecule has 34 heavy (non-hydrogen) atoms. The lowest BCUT2D eigenvalue weighted by Crippen LogP contribution is -2.38. The third kappa shape index (κ3) is 6.11. The number of carbonyl (C=O) groups excluding carboxylic acids is 1. The molecule has 0 radical (unpaired) electrons. The molecule has 3 rings (SSSR count). The van der Waals surface area contributed by atoms with Crippen LogP contribution in [0.1, 0.15) is 37.6 Å². The van der Waals surface area contributed by atoms with Gasteiger partial charge in [-0.15, -0.1) is 0 Å². The number of pyridine rings is 2. The van der Waals surface area contributed by atoms with Crippen LogP contribution in [-0.4, -0.2) is 39.8 Å². The van der Waals surface area contributed by atoms with Gasteiger partial charge in [-0.3, -0.25) is 9.97 Å². The maximum atomic E-state index is 13.4. The smallest absolute Gasteiger partial charge is 0.405 e. The fraction of sp³-hybridized carbons (Fsp3) is 0.320. The van der Waals surface area contributed by atoms with Crippen molar-refractivity contribution in [3.8, 4) is 11.3 Å². The molecule has 3 aromatic heterocycles. The van der Waals surface area contributed by atoms with E-state index in [-0.39, 0.29) is 11.7 Å². The molecule has 0 aliphatic rings. The van der Waals surface area contributed by atoms with Gasteiger partial charge in [-0.2, -0.15) is 0 Å². The van der Waals surface area contributed by atoms with E-state index in [0.29, 0.717) is 12.1 Å². The third-order valence-electron chi connectivity index (χ3n) is 5.82. The molecular formula is C25H30N4O4S. The van der Waals surface area contributed by atoms with Gasteiger partial charge >= 0.3 is 6.09 Å². The Kier molecular flexibility index (Phi) is 7.56. The van der Waals surface area contributed by atoms with Crippen LogP contribution >= 0.6 is 0 Å². The quantitative estimate of drug-likeness (QED) is 0.488. The molecule has 1 unspecified atom stereocenters. The van der Waals surface area contributed by atoms with E-state index in [4.69, 9.17) is 10.5 Å². The van der Waals surface area contributed by atoms with Crippen LogP contribution in [0.15, 0.2) is 61.2 Å². The van der Waals surface area contributed by atoms with E-state index >= 15 is 0 Å². The molecule has 0 bridgehead atoms. The number of carbonyl (C=O) groups is 1. The van der Waals surface area contributed by atoms with Gasteiger partial charge < -0.3 is 10.5 Å². The van der Waals surface area contributed by atoms with Crippen LogP contribution in [0.3, 0.4) is 0 Å². The minimum absolute atomic E-state index is 0.119. The highest BCUT2D eigenvalue weighted by molar-refractivity contribution is 7.90. The summed E-state index contributed by atoms with van der Waals surface area (Å²) < 4.78 is 33.3. The Morgan fingerprint density at radius 1 is 1.26 bits per heavy atom. The molecule has 1 amide bonds. The number of aryl methyl sites for hydroxylation is 1. The summed E-state index contributed by atoms with van der Waals surface area (Å²) in [5, 5.41) is 0. The predicted molar refractivity (Wildman–Crippen MR) is 132 cm³/mol. The number of amides is 1. The molecule has 8 nitrogen and oxygen atoms in total. The van der Waals surface area contributed by atoms with E-state index in [9.17, 15) is 13.2 Å². The number of nitrogens with zero attached hydrogens (tertiary/aromatic N) is 3.